The number of rotatable bonds is 10. The third kappa shape index (κ3) is 5.14. The second kappa shape index (κ2) is 10.1. The molecule has 6 nitrogen and oxygen atoms in total. The van der Waals surface area contributed by atoms with E-state index in [1.54, 1.807) is 6.92 Å². The van der Waals surface area contributed by atoms with Crippen molar-refractivity contribution in [1.29, 1.82) is 0 Å². The van der Waals surface area contributed by atoms with E-state index < -0.39 is 10.9 Å². The van der Waals surface area contributed by atoms with Crippen LogP contribution in [0.4, 0.5) is 5.69 Å². The van der Waals surface area contributed by atoms with Gasteiger partial charge in [-0.2, -0.15) is 0 Å². The maximum absolute atomic E-state index is 11.6. The SMILES string of the molecule is CCOc1c(NCCCN2CCC(OCc3ccc4ccccc4c3)CC2)c(=O)c1=O. The lowest BCUT2D eigenvalue weighted by molar-refractivity contribution is -0.00237. The van der Waals surface area contributed by atoms with Gasteiger partial charge in [0.25, 0.3) is 10.9 Å². The molecule has 1 fully saturated rings. The maximum Gasteiger partial charge on any atom is 0.272 e. The molecule has 6 heteroatoms. The van der Waals surface area contributed by atoms with E-state index in [1.807, 2.05) is 0 Å². The molecule has 0 radical (unpaired) electrons. The number of nitrogens with zero attached hydrogens (tertiary/aromatic N) is 1. The Balaban J connectivity index is 1.14. The second-order valence-electron chi connectivity index (χ2n) is 8.11. The largest absolute Gasteiger partial charge is 0.488 e. The molecule has 0 atom stereocenters. The Kier molecular flexibility index (Phi) is 6.99. The van der Waals surface area contributed by atoms with Crippen LogP contribution < -0.4 is 20.9 Å². The summed E-state index contributed by atoms with van der Waals surface area (Å²) >= 11 is 0. The molecule has 0 unspecified atom stereocenters. The normalized spacial score (nSPS) is 15.5. The predicted octanol–water partition coefficient (Wildman–Crippen LogP) is 3.32. The zero-order valence-corrected chi connectivity index (χ0v) is 18.1. The average Bonchev–Trinajstić information content (AvgIpc) is 2.82. The zero-order chi connectivity index (χ0) is 21.6. The van der Waals surface area contributed by atoms with Gasteiger partial charge in [0.1, 0.15) is 5.69 Å². The molecular formula is C25H30N2O4. The minimum Gasteiger partial charge on any atom is -0.488 e. The molecular weight excluding hydrogens is 392 g/mol. The van der Waals surface area contributed by atoms with E-state index in [2.05, 4.69) is 52.7 Å². The summed E-state index contributed by atoms with van der Waals surface area (Å²) in [5, 5.41) is 5.58. The molecule has 31 heavy (non-hydrogen) atoms. The number of fused-ring (bicyclic) bond motifs is 1. The summed E-state index contributed by atoms with van der Waals surface area (Å²) in [6, 6.07) is 14.9. The van der Waals surface area contributed by atoms with Crippen LogP contribution in [0.15, 0.2) is 52.1 Å². The van der Waals surface area contributed by atoms with Crippen LogP contribution in [0.3, 0.4) is 0 Å². The van der Waals surface area contributed by atoms with Crippen LogP contribution in [0, 0.1) is 0 Å². The summed E-state index contributed by atoms with van der Waals surface area (Å²) in [4.78, 5) is 25.5. The number of benzene rings is 2. The summed E-state index contributed by atoms with van der Waals surface area (Å²) < 4.78 is 11.4. The lowest BCUT2D eigenvalue weighted by atomic mass is 10.1. The average molecular weight is 423 g/mol. The minimum absolute atomic E-state index is 0.192. The Morgan fingerprint density at radius 1 is 1.03 bits per heavy atom. The fraction of sp³-hybridized carbons (Fsp3) is 0.440. The summed E-state index contributed by atoms with van der Waals surface area (Å²) in [5.74, 6) is 0.192. The topological polar surface area (TPSA) is 67.9 Å². The molecule has 3 aromatic carbocycles. The number of piperidine rings is 1. The van der Waals surface area contributed by atoms with E-state index >= 15 is 0 Å². The maximum atomic E-state index is 11.6. The first kappa shape index (κ1) is 21.5. The van der Waals surface area contributed by atoms with Gasteiger partial charge in [-0.15, -0.1) is 0 Å². The van der Waals surface area contributed by atoms with Gasteiger partial charge < -0.3 is 19.7 Å². The van der Waals surface area contributed by atoms with Gasteiger partial charge in [0.2, 0.25) is 0 Å². The van der Waals surface area contributed by atoms with Gasteiger partial charge in [-0.1, -0.05) is 36.4 Å². The number of nitrogens with one attached hydrogen (secondary N) is 1. The number of hydrogen-bond acceptors (Lipinski definition) is 6. The van der Waals surface area contributed by atoms with Gasteiger partial charge in [-0.3, -0.25) is 9.59 Å². The molecule has 1 aliphatic heterocycles. The number of ether oxygens (including phenoxy) is 2. The molecule has 1 aliphatic rings. The highest BCUT2D eigenvalue weighted by Crippen LogP contribution is 2.20. The van der Waals surface area contributed by atoms with Crippen molar-refractivity contribution in [3.8, 4) is 5.75 Å². The predicted molar refractivity (Wildman–Crippen MR) is 124 cm³/mol. The fourth-order valence-corrected chi connectivity index (χ4v) is 4.17. The van der Waals surface area contributed by atoms with Crippen molar-refractivity contribution < 1.29 is 9.47 Å². The van der Waals surface area contributed by atoms with Crippen molar-refractivity contribution >= 4 is 16.5 Å². The van der Waals surface area contributed by atoms with E-state index in [1.165, 1.54) is 16.3 Å². The van der Waals surface area contributed by atoms with E-state index in [0.717, 1.165) is 38.9 Å². The van der Waals surface area contributed by atoms with Crippen molar-refractivity contribution in [3.63, 3.8) is 0 Å². The molecule has 4 rings (SSSR count). The van der Waals surface area contributed by atoms with Gasteiger partial charge >= 0.3 is 0 Å². The van der Waals surface area contributed by atoms with Crippen LogP contribution in [0.25, 0.3) is 10.8 Å². The highest BCUT2D eigenvalue weighted by Gasteiger charge is 2.22. The van der Waals surface area contributed by atoms with Crippen LogP contribution in [-0.4, -0.2) is 43.8 Å². The number of likely N-dealkylation sites (tertiary alicyclic amines) is 1. The molecule has 0 aliphatic carbocycles. The molecule has 164 valence electrons. The van der Waals surface area contributed by atoms with Gasteiger partial charge in [-0.05, 0) is 55.1 Å². The first-order valence-electron chi connectivity index (χ1n) is 11.2. The number of anilines is 1. The Labute approximate surface area is 182 Å². The van der Waals surface area contributed by atoms with Crippen LogP contribution in [0.5, 0.6) is 5.75 Å². The molecule has 0 bridgehead atoms. The van der Waals surface area contributed by atoms with E-state index in [0.29, 0.717) is 31.5 Å². The van der Waals surface area contributed by atoms with Gasteiger partial charge in [0.15, 0.2) is 5.75 Å². The van der Waals surface area contributed by atoms with Crippen molar-refractivity contribution in [1.82, 2.24) is 4.90 Å². The molecule has 0 saturated carbocycles. The Bertz CT molecular complexity index is 1080. The van der Waals surface area contributed by atoms with Crippen LogP contribution in [0.1, 0.15) is 31.7 Å². The van der Waals surface area contributed by atoms with Crippen molar-refractivity contribution in [2.45, 2.75) is 38.9 Å². The molecule has 1 heterocycles. The Hall–Kier alpha value is -2.70. The molecule has 3 aromatic rings. The van der Waals surface area contributed by atoms with Crippen molar-refractivity contribution in [2.75, 3.05) is 38.1 Å². The quantitative estimate of drug-likeness (QED) is 0.399. The first-order valence-corrected chi connectivity index (χ1v) is 11.2. The lowest BCUT2D eigenvalue weighted by Crippen LogP contribution is -2.38. The van der Waals surface area contributed by atoms with Crippen molar-refractivity contribution in [3.05, 3.63) is 68.5 Å². The van der Waals surface area contributed by atoms with Gasteiger partial charge in [-0.25, -0.2) is 0 Å². The van der Waals surface area contributed by atoms with E-state index in [4.69, 9.17) is 9.47 Å². The second-order valence-corrected chi connectivity index (χ2v) is 8.11. The molecule has 0 spiro atoms. The van der Waals surface area contributed by atoms with Crippen LogP contribution in [-0.2, 0) is 11.3 Å². The zero-order valence-electron chi connectivity index (χ0n) is 18.1. The van der Waals surface area contributed by atoms with E-state index in [-0.39, 0.29) is 5.75 Å². The smallest absolute Gasteiger partial charge is 0.272 e. The molecule has 0 aromatic heterocycles. The summed E-state index contributed by atoms with van der Waals surface area (Å²) in [5.41, 5.74) is 0.576. The standard InChI is InChI=1S/C25H30N2O4/c1-2-30-25-22(23(28)24(25)29)26-12-5-13-27-14-10-21(11-15-27)31-17-18-8-9-19-6-3-4-7-20(19)16-18/h3-4,6-9,16,21,26H,2,5,10-15,17H2,1H3. The summed E-state index contributed by atoms with van der Waals surface area (Å²) in [7, 11) is 0. The third-order valence-electron chi connectivity index (χ3n) is 5.94. The number of hydrogen-bond donors (Lipinski definition) is 1. The van der Waals surface area contributed by atoms with Gasteiger partial charge in [0, 0.05) is 19.6 Å². The monoisotopic (exact) mass is 422 g/mol. The highest BCUT2D eigenvalue weighted by atomic mass is 16.5. The molecule has 0 amide bonds. The summed E-state index contributed by atoms with van der Waals surface area (Å²) in [6.45, 7) is 6.50. The summed E-state index contributed by atoms with van der Waals surface area (Å²) in [6.07, 6.45) is 3.28. The van der Waals surface area contributed by atoms with Crippen LogP contribution in [0.2, 0.25) is 0 Å². The lowest BCUT2D eigenvalue weighted by Gasteiger charge is -2.32. The third-order valence-corrected chi connectivity index (χ3v) is 5.94. The van der Waals surface area contributed by atoms with Crippen molar-refractivity contribution in [2.24, 2.45) is 0 Å². The van der Waals surface area contributed by atoms with E-state index in [9.17, 15) is 9.59 Å². The van der Waals surface area contributed by atoms with Crippen LogP contribution >= 0.6 is 0 Å². The minimum atomic E-state index is -0.518. The first-order chi connectivity index (χ1) is 15.2. The van der Waals surface area contributed by atoms with Gasteiger partial charge in [0.05, 0.1) is 19.3 Å². The molecule has 1 saturated heterocycles. The Morgan fingerprint density at radius 3 is 2.58 bits per heavy atom. The molecule has 1 N–H and O–H groups in total. The highest BCUT2D eigenvalue weighted by molar-refractivity contribution is 5.82. The Morgan fingerprint density at radius 2 is 1.81 bits per heavy atom. The fourth-order valence-electron chi connectivity index (χ4n) is 4.17.